The van der Waals surface area contributed by atoms with Crippen molar-refractivity contribution in [2.24, 2.45) is 11.7 Å². The SMILES string of the molecule is NC(=O)[C@@H]1CC[C@H](NC(=O)N2CCO[C@@H](c3ccc(Cl)cc3)C2)C1. The van der Waals surface area contributed by atoms with Crippen LogP contribution >= 0.6 is 11.6 Å². The van der Waals surface area contributed by atoms with Crippen molar-refractivity contribution in [2.45, 2.75) is 31.4 Å². The predicted molar refractivity (Wildman–Crippen MR) is 90.6 cm³/mol. The van der Waals surface area contributed by atoms with Gasteiger partial charge in [-0.2, -0.15) is 0 Å². The second-order valence-corrected chi connectivity index (χ2v) is 6.85. The summed E-state index contributed by atoms with van der Waals surface area (Å²) in [6.45, 7) is 1.55. The van der Waals surface area contributed by atoms with Crippen molar-refractivity contribution in [1.82, 2.24) is 10.2 Å². The van der Waals surface area contributed by atoms with Crippen LogP contribution in [0.4, 0.5) is 4.79 Å². The van der Waals surface area contributed by atoms with E-state index in [0.717, 1.165) is 18.4 Å². The minimum Gasteiger partial charge on any atom is -0.370 e. The first-order valence-corrected chi connectivity index (χ1v) is 8.62. The molecule has 0 aromatic heterocycles. The Kier molecular flexibility index (Phi) is 5.26. The van der Waals surface area contributed by atoms with E-state index in [1.54, 1.807) is 4.90 Å². The number of benzene rings is 1. The normalized spacial score (nSPS) is 27.0. The molecule has 24 heavy (non-hydrogen) atoms. The summed E-state index contributed by atoms with van der Waals surface area (Å²) in [6, 6.07) is 7.40. The zero-order chi connectivity index (χ0) is 17.1. The molecule has 0 unspecified atom stereocenters. The van der Waals surface area contributed by atoms with Crippen molar-refractivity contribution in [3.63, 3.8) is 0 Å². The smallest absolute Gasteiger partial charge is 0.317 e. The molecule has 1 aromatic carbocycles. The number of nitrogens with zero attached hydrogens (tertiary/aromatic N) is 1. The van der Waals surface area contributed by atoms with Crippen molar-refractivity contribution in [3.05, 3.63) is 34.9 Å². The van der Waals surface area contributed by atoms with E-state index in [2.05, 4.69) is 5.32 Å². The van der Waals surface area contributed by atoms with E-state index in [0.29, 0.717) is 31.1 Å². The number of hydrogen-bond donors (Lipinski definition) is 2. The fourth-order valence-corrected chi connectivity index (χ4v) is 3.48. The first kappa shape index (κ1) is 17.0. The van der Waals surface area contributed by atoms with E-state index in [1.165, 1.54) is 0 Å². The highest BCUT2D eigenvalue weighted by Crippen LogP contribution is 2.26. The van der Waals surface area contributed by atoms with Crippen LogP contribution in [-0.4, -0.2) is 42.6 Å². The van der Waals surface area contributed by atoms with Crippen LogP contribution in [0.5, 0.6) is 0 Å². The highest BCUT2D eigenvalue weighted by Gasteiger charge is 2.32. The highest BCUT2D eigenvalue weighted by molar-refractivity contribution is 6.30. The van der Waals surface area contributed by atoms with Crippen molar-refractivity contribution in [3.8, 4) is 0 Å². The molecule has 2 fully saturated rings. The summed E-state index contributed by atoms with van der Waals surface area (Å²) in [7, 11) is 0. The van der Waals surface area contributed by atoms with Gasteiger partial charge in [0.2, 0.25) is 5.91 Å². The minimum absolute atomic E-state index is 0.0202. The molecule has 1 aromatic rings. The van der Waals surface area contributed by atoms with E-state index in [1.807, 2.05) is 24.3 Å². The Morgan fingerprint density at radius 3 is 2.67 bits per heavy atom. The minimum atomic E-state index is -0.277. The third kappa shape index (κ3) is 3.99. The summed E-state index contributed by atoms with van der Waals surface area (Å²) in [4.78, 5) is 25.5. The fraction of sp³-hybridized carbons (Fsp3) is 0.529. The molecule has 1 heterocycles. The molecule has 1 aliphatic heterocycles. The van der Waals surface area contributed by atoms with Crippen molar-refractivity contribution >= 4 is 23.5 Å². The fourth-order valence-electron chi connectivity index (χ4n) is 3.35. The number of amides is 3. The Labute approximate surface area is 146 Å². The molecule has 0 bridgehead atoms. The van der Waals surface area contributed by atoms with Gasteiger partial charge in [-0.3, -0.25) is 4.79 Å². The van der Waals surface area contributed by atoms with Gasteiger partial charge in [0.15, 0.2) is 0 Å². The van der Waals surface area contributed by atoms with Crippen molar-refractivity contribution < 1.29 is 14.3 Å². The van der Waals surface area contributed by atoms with Gasteiger partial charge in [-0.25, -0.2) is 4.79 Å². The van der Waals surface area contributed by atoms with Crippen molar-refractivity contribution in [2.75, 3.05) is 19.7 Å². The molecule has 6 nitrogen and oxygen atoms in total. The summed E-state index contributed by atoms with van der Waals surface area (Å²) in [5, 5.41) is 3.69. The maximum Gasteiger partial charge on any atom is 0.317 e. The number of urea groups is 1. The van der Waals surface area contributed by atoms with Crippen LogP contribution in [0.3, 0.4) is 0 Å². The lowest BCUT2D eigenvalue weighted by Crippen LogP contribution is -2.49. The lowest BCUT2D eigenvalue weighted by molar-refractivity contribution is -0.121. The number of halogens is 1. The average Bonchev–Trinajstić information content (AvgIpc) is 3.04. The molecule has 1 aliphatic carbocycles. The van der Waals surface area contributed by atoms with Crippen LogP contribution in [0.15, 0.2) is 24.3 Å². The lowest BCUT2D eigenvalue weighted by atomic mass is 10.1. The number of ether oxygens (including phenoxy) is 1. The Balaban J connectivity index is 1.55. The Morgan fingerprint density at radius 1 is 1.25 bits per heavy atom. The van der Waals surface area contributed by atoms with E-state index in [-0.39, 0.29) is 30.0 Å². The summed E-state index contributed by atoms with van der Waals surface area (Å²) in [5.74, 6) is -0.400. The van der Waals surface area contributed by atoms with Crippen LogP contribution in [0.2, 0.25) is 5.02 Å². The first-order chi connectivity index (χ1) is 11.5. The number of nitrogens with two attached hydrogens (primary N) is 1. The zero-order valence-corrected chi connectivity index (χ0v) is 14.2. The second-order valence-electron chi connectivity index (χ2n) is 6.42. The van der Waals surface area contributed by atoms with Gasteiger partial charge in [-0.1, -0.05) is 23.7 Å². The molecule has 130 valence electrons. The van der Waals surface area contributed by atoms with Gasteiger partial charge in [-0.05, 0) is 37.0 Å². The predicted octanol–water partition coefficient (Wildman–Crippen LogP) is 2.08. The Hall–Kier alpha value is -1.79. The van der Waals surface area contributed by atoms with Crippen LogP contribution < -0.4 is 11.1 Å². The summed E-state index contributed by atoms with van der Waals surface area (Å²) in [6.07, 6.45) is 2.02. The molecule has 0 spiro atoms. The summed E-state index contributed by atoms with van der Waals surface area (Å²) in [5.41, 5.74) is 6.34. The van der Waals surface area contributed by atoms with Crippen LogP contribution in [-0.2, 0) is 9.53 Å². The molecule has 0 radical (unpaired) electrons. The van der Waals surface area contributed by atoms with Gasteiger partial charge in [-0.15, -0.1) is 0 Å². The molecule has 7 heteroatoms. The van der Waals surface area contributed by atoms with Crippen LogP contribution in [0, 0.1) is 5.92 Å². The number of carbonyl (C=O) groups is 2. The number of carbonyl (C=O) groups excluding carboxylic acids is 2. The standard InChI is InChI=1S/C17H22ClN3O3/c18-13-4-1-11(2-5-13)15-10-21(7-8-24-15)17(23)20-14-6-3-12(9-14)16(19)22/h1-2,4-5,12,14-15H,3,6-10H2,(H2,19,22)(H,20,23)/t12-,14+,15-/m1/s1. The molecular formula is C17H22ClN3O3. The highest BCUT2D eigenvalue weighted by atomic mass is 35.5. The molecular weight excluding hydrogens is 330 g/mol. The summed E-state index contributed by atoms with van der Waals surface area (Å²) >= 11 is 5.91. The average molecular weight is 352 g/mol. The molecule has 3 N–H and O–H groups in total. The number of primary amides is 1. The van der Waals surface area contributed by atoms with E-state index < -0.39 is 0 Å². The quantitative estimate of drug-likeness (QED) is 0.874. The van der Waals surface area contributed by atoms with Gasteiger partial charge in [0.25, 0.3) is 0 Å². The largest absolute Gasteiger partial charge is 0.370 e. The Morgan fingerprint density at radius 2 is 2.00 bits per heavy atom. The molecule has 3 atom stereocenters. The van der Waals surface area contributed by atoms with Crippen LogP contribution in [0.1, 0.15) is 30.9 Å². The Bertz CT molecular complexity index is 608. The molecule has 3 amide bonds. The number of hydrogen-bond acceptors (Lipinski definition) is 3. The molecule has 3 rings (SSSR count). The monoisotopic (exact) mass is 351 g/mol. The zero-order valence-electron chi connectivity index (χ0n) is 13.4. The number of morpholine rings is 1. The second kappa shape index (κ2) is 7.40. The number of nitrogens with one attached hydrogen (secondary N) is 1. The maximum atomic E-state index is 12.5. The topological polar surface area (TPSA) is 84.7 Å². The van der Waals surface area contributed by atoms with E-state index in [4.69, 9.17) is 22.1 Å². The van der Waals surface area contributed by atoms with E-state index in [9.17, 15) is 9.59 Å². The summed E-state index contributed by atoms with van der Waals surface area (Å²) < 4.78 is 5.78. The lowest BCUT2D eigenvalue weighted by Gasteiger charge is -2.34. The van der Waals surface area contributed by atoms with Gasteiger partial charge in [0.05, 0.1) is 13.2 Å². The molecule has 1 saturated carbocycles. The van der Waals surface area contributed by atoms with E-state index >= 15 is 0 Å². The third-order valence-corrected chi connectivity index (χ3v) is 5.01. The maximum absolute atomic E-state index is 12.5. The molecule has 1 saturated heterocycles. The van der Waals surface area contributed by atoms with Gasteiger partial charge in [0, 0.05) is 23.5 Å². The third-order valence-electron chi connectivity index (χ3n) is 4.76. The first-order valence-electron chi connectivity index (χ1n) is 8.24. The van der Waals surface area contributed by atoms with Gasteiger partial charge >= 0.3 is 6.03 Å². The van der Waals surface area contributed by atoms with Gasteiger partial charge < -0.3 is 20.7 Å². The van der Waals surface area contributed by atoms with Crippen LogP contribution in [0.25, 0.3) is 0 Å². The van der Waals surface area contributed by atoms with Gasteiger partial charge in [0.1, 0.15) is 6.10 Å². The molecule has 2 aliphatic rings. The van der Waals surface area contributed by atoms with Crippen molar-refractivity contribution in [1.29, 1.82) is 0 Å². The number of rotatable bonds is 3.